The molecule has 0 aliphatic heterocycles. The molecule has 27 heavy (non-hydrogen) atoms. The maximum atomic E-state index is 12.0. The predicted octanol–water partition coefficient (Wildman–Crippen LogP) is 4.69. The monoisotopic (exact) mass is 382 g/mol. The molecular formula is C21H19ClN2O3. The molecule has 1 aromatic heterocycles. The van der Waals surface area contributed by atoms with E-state index in [1.165, 1.54) is 6.21 Å². The Hall–Kier alpha value is -3.05. The second kappa shape index (κ2) is 9.05. The lowest BCUT2D eigenvalue weighted by Gasteiger charge is -2.04. The van der Waals surface area contributed by atoms with Crippen molar-refractivity contribution in [2.45, 2.75) is 13.3 Å². The van der Waals surface area contributed by atoms with E-state index in [9.17, 15) is 4.79 Å². The third kappa shape index (κ3) is 5.46. The first-order valence-electron chi connectivity index (χ1n) is 8.53. The molecule has 1 amide bonds. The van der Waals surface area contributed by atoms with Crippen LogP contribution in [0.25, 0.3) is 11.3 Å². The van der Waals surface area contributed by atoms with Crippen LogP contribution in [0.1, 0.15) is 18.2 Å². The Morgan fingerprint density at radius 2 is 1.85 bits per heavy atom. The van der Waals surface area contributed by atoms with Gasteiger partial charge >= 0.3 is 0 Å². The molecule has 0 fully saturated rings. The van der Waals surface area contributed by atoms with Gasteiger partial charge in [0.1, 0.15) is 17.3 Å². The highest BCUT2D eigenvalue weighted by molar-refractivity contribution is 6.30. The predicted molar refractivity (Wildman–Crippen MR) is 106 cm³/mol. The maximum Gasteiger partial charge on any atom is 0.244 e. The molecule has 0 radical (unpaired) electrons. The van der Waals surface area contributed by atoms with Crippen LogP contribution >= 0.6 is 11.6 Å². The van der Waals surface area contributed by atoms with Gasteiger partial charge in [0.2, 0.25) is 5.91 Å². The lowest BCUT2D eigenvalue weighted by atomic mass is 10.1. The van der Waals surface area contributed by atoms with Crippen molar-refractivity contribution in [2.75, 3.05) is 6.61 Å². The summed E-state index contributed by atoms with van der Waals surface area (Å²) in [4.78, 5) is 12.0. The van der Waals surface area contributed by atoms with Gasteiger partial charge in [0, 0.05) is 10.6 Å². The largest absolute Gasteiger partial charge is 0.494 e. The quantitative estimate of drug-likeness (QED) is 0.476. The third-order valence-corrected chi connectivity index (χ3v) is 3.99. The highest BCUT2D eigenvalue weighted by Crippen LogP contribution is 2.23. The highest BCUT2D eigenvalue weighted by atomic mass is 35.5. The van der Waals surface area contributed by atoms with Crippen LogP contribution in [-0.4, -0.2) is 18.7 Å². The second-order valence-electron chi connectivity index (χ2n) is 5.76. The molecule has 0 aliphatic carbocycles. The summed E-state index contributed by atoms with van der Waals surface area (Å²) in [6.07, 6.45) is 1.70. The number of amides is 1. The van der Waals surface area contributed by atoms with Crippen LogP contribution in [0.15, 0.2) is 70.2 Å². The van der Waals surface area contributed by atoms with E-state index in [2.05, 4.69) is 10.5 Å². The van der Waals surface area contributed by atoms with E-state index in [0.29, 0.717) is 23.2 Å². The van der Waals surface area contributed by atoms with Crippen molar-refractivity contribution in [3.63, 3.8) is 0 Å². The van der Waals surface area contributed by atoms with E-state index in [4.69, 9.17) is 20.8 Å². The summed E-state index contributed by atoms with van der Waals surface area (Å²) in [5.74, 6) is 1.82. The molecule has 6 heteroatoms. The van der Waals surface area contributed by atoms with Crippen molar-refractivity contribution in [3.8, 4) is 17.1 Å². The van der Waals surface area contributed by atoms with E-state index in [-0.39, 0.29) is 12.3 Å². The first-order chi connectivity index (χ1) is 13.1. The fourth-order valence-corrected chi connectivity index (χ4v) is 2.58. The maximum absolute atomic E-state index is 12.0. The molecule has 1 heterocycles. The number of nitrogens with one attached hydrogen (secondary N) is 1. The first kappa shape index (κ1) is 18.7. The fourth-order valence-electron chi connectivity index (χ4n) is 2.45. The number of carbonyl (C=O) groups is 1. The minimum atomic E-state index is -0.208. The molecule has 3 rings (SSSR count). The van der Waals surface area contributed by atoms with Crippen LogP contribution < -0.4 is 10.2 Å². The smallest absolute Gasteiger partial charge is 0.244 e. The number of halogens is 1. The van der Waals surface area contributed by atoms with Crippen molar-refractivity contribution in [1.29, 1.82) is 0 Å². The summed E-state index contributed by atoms with van der Waals surface area (Å²) in [5.41, 5.74) is 4.30. The van der Waals surface area contributed by atoms with Gasteiger partial charge in [0.05, 0.1) is 19.2 Å². The summed E-state index contributed by atoms with van der Waals surface area (Å²) in [7, 11) is 0. The highest BCUT2D eigenvalue weighted by Gasteiger charge is 2.05. The average Bonchev–Trinajstić information content (AvgIpc) is 3.13. The van der Waals surface area contributed by atoms with Crippen molar-refractivity contribution < 1.29 is 13.9 Å². The summed E-state index contributed by atoms with van der Waals surface area (Å²) < 4.78 is 11.1. The summed E-state index contributed by atoms with van der Waals surface area (Å²) in [6.45, 7) is 2.54. The van der Waals surface area contributed by atoms with Gasteiger partial charge in [-0.05, 0) is 61.0 Å². The topological polar surface area (TPSA) is 63.8 Å². The van der Waals surface area contributed by atoms with Gasteiger partial charge in [-0.1, -0.05) is 23.7 Å². The number of nitrogens with zero attached hydrogens (tertiary/aromatic N) is 1. The van der Waals surface area contributed by atoms with Crippen LogP contribution in [0.5, 0.6) is 5.75 Å². The van der Waals surface area contributed by atoms with Crippen LogP contribution in [-0.2, 0) is 11.2 Å². The number of rotatable bonds is 7. The minimum absolute atomic E-state index is 0.208. The molecule has 2 aromatic carbocycles. The molecule has 0 saturated carbocycles. The number of hydrogen-bond acceptors (Lipinski definition) is 4. The summed E-state index contributed by atoms with van der Waals surface area (Å²) >= 11 is 5.88. The number of benzene rings is 2. The first-order valence-corrected chi connectivity index (χ1v) is 8.91. The van der Waals surface area contributed by atoms with Crippen LogP contribution in [0.3, 0.4) is 0 Å². The normalized spacial score (nSPS) is 10.9. The molecule has 0 aliphatic rings. The zero-order valence-electron chi connectivity index (χ0n) is 14.8. The van der Waals surface area contributed by atoms with Gasteiger partial charge in [-0.25, -0.2) is 5.43 Å². The van der Waals surface area contributed by atoms with E-state index in [1.807, 2.05) is 49.4 Å². The Balaban J connectivity index is 1.52. The molecule has 1 N–H and O–H groups in total. The van der Waals surface area contributed by atoms with E-state index >= 15 is 0 Å². The molecule has 0 saturated heterocycles. The molecule has 138 valence electrons. The summed E-state index contributed by atoms with van der Waals surface area (Å²) in [6, 6.07) is 18.4. The molecule has 3 aromatic rings. The number of furan rings is 1. The molecule has 0 bridgehead atoms. The van der Waals surface area contributed by atoms with Crippen LogP contribution in [0.2, 0.25) is 5.02 Å². The Morgan fingerprint density at radius 1 is 1.11 bits per heavy atom. The average molecular weight is 383 g/mol. The van der Waals surface area contributed by atoms with Gasteiger partial charge in [-0.15, -0.1) is 0 Å². The zero-order valence-corrected chi connectivity index (χ0v) is 15.6. The Labute approximate surface area is 162 Å². The molecule has 0 atom stereocenters. The van der Waals surface area contributed by atoms with Crippen molar-refractivity contribution in [1.82, 2.24) is 5.43 Å². The van der Waals surface area contributed by atoms with Gasteiger partial charge in [-0.2, -0.15) is 5.10 Å². The van der Waals surface area contributed by atoms with Crippen molar-refractivity contribution >= 4 is 23.7 Å². The van der Waals surface area contributed by atoms with E-state index < -0.39 is 0 Å². The van der Waals surface area contributed by atoms with Crippen molar-refractivity contribution in [3.05, 3.63) is 77.0 Å². The number of hydrogen-bond donors (Lipinski definition) is 1. The molecule has 0 unspecified atom stereocenters. The fraction of sp³-hybridized carbons (Fsp3) is 0.143. The molecular weight excluding hydrogens is 364 g/mol. The van der Waals surface area contributed by atoms with E-state index in [1.54, 1.807) is 18.2 Å². The van der Waals surface area contributed by atoms with Crippen molar-refractivity contribution in [2.24, 2.45) is 5.10 Å². The molecule has 0 spiro atoms. The van der Waals surface area contributed by atoms with Crippen LogP contribution in [0, 0.1) is 0 Å². The Kier molecular flexibility index (Phi) is 6.28. The lowest BCUT2D eigenvalue weighted by Crippen LogP contribution is -2.19. The second-order valence-corrected chi connectivity index (χ2v) is 6.19. The van der Waals surface area contributed by atoms with Crippen LogP contribution in [0.4, 0.5) is 0 Å². The van der Waals surface area contributed by atoms with E-state index in [0.717, 1.165) is 16.9 Å². The van der Waals surface area contributed by atoms with Gasteiger partial charge in [-0.3, -0.25) is 4.79 Å². The number of hydrazone groups is 1. The number of carbonyl (C=O) groups excluding carboxylic acids is 1. The third-order valence-electron chi connectivity index (χ3n) is 3.74. The standard InChI is InChI=1S/C21H19ClN2O3/c1-2-26-18-9-3-15(4-10-18)13-21(25)24-23-14-19-11-12-20(27-19)16-5-7-17(22)8-6-16/h3-12,14H,2,13H2,1H3,(H,24,25)/b23-14-. The van der Waals surface area contributed by atoms with Gasteiger partial charge in [0.15, 0.2) is 0 Å². The minimum Gasteiger partial charge on any atom is -0.494 e. The Bertz CT molecular complexity index is 915. The lowest BCUT2D eigenvalue weighted by molar-refractivity contribution is -0.120. The molecule has 5 nitrogen and oxygen atoms in total. The number of ether oxygens (including phenoxy) is 1. The Morgan fingerprint density at radius 3 is 2.56 bits per heavy atom. The van der Waals surface area contributed by atoms with Gasteiger partial charge < -0.3 is 9.15 Å². The SMILES string of the molecule is CCOc1ccc(CC(=O)N/N=C\c2ccc(-c3ccc(Cl)cc3)o2)cc1. The zero-order chi connectivity index (χ0) is 19.1. The van der Waals surface area contributed by atoms with Gasteiger partial charge in [0.25, 0.3) is 0 Å². The summed E-state index contributed by atoms with van der Waals surface area (Å²) in [5, 5.41) is 4.61.